The third-order valence-electron chi connectivity index (χ3n) is 2.04. The zero-order chi connectivity index (χ0) is 11.5. The molecule has 4 nitrogen and oxygen atoms in total. The maximum atomic E-state index is 8.75. The highest BCUT2D eigenvalue weighted by atomic mass is 32.2. The topological polar surface area (TPSA) is 72.0 Å². The van der Waals surface area contributed by atoms with Gasteiger partial charge in [-0.2, -0.15) is 0 Å². The number of aryl methyl sites for hydroxylation is 1. The number of fused-ring (bicyclic) bond motifs is 1. The van der Waals surface area contributed by atoms with Gasteiger partial charge in [0.1, 0.15) is 9.86 Å². The fourth-order valence-corrected chi connectivity index (χ4v) is 3.26. The highest BCUT2D eigenvalue weighted by Crippen LogP contribution is 2.31. The molecule has 0 aliphatic rings. The van der Waals surface area contributed by atoms with Crippen LogP contribution in [0.5, 0.6) is 0 Å². The molecule has 2 aromatic heterocycles. The first-order chi connectivity index (χ1) is 7.70. The summed E-state index contributed by atoms with van der Waals surface area (Å²) >= 11 is 3.24. The van der Waals surface area contributed by atoms with Crippen LogP contribution in [-0.2, 0) is 0 Å². The highest BCUT2D eigenvalue weighted by Gasteiger charge is 2.09. The van der Waals surface area contributed by atoms with Crippen molar-refractivity contribution in [3.05, 3.63) is 10.9 Å². The van der Waals surface area contributed by atoms with Gasteiger partial charge in [0.25, 0.3) is 0 Å². The molecule has 0 bridgehead atoms. The number of thioether (sulfide) groups is 1. The molecular weight excluding hydrogens is 242 g/mol. The largest absolute Gasteiger partial charge is 0.396 e. The van der Waals surface area contributed by atoms with Gasteiger partial charge in [-0.15, -0.1) is 23.1 Å². The van der Waals surface area contributed by atoms with Crippen LogP contribution in [0.1, 0.15) is 11.3 Å². The van der Waals surface area contributed by atoms with Crippen LogP contribution in [0.3, 0.4) is 0 Å². The number of anilines is 1. The van der Waals surface area contributed by atoms with Crippen molar-refractivity contribution < 1.29 is 5.11 Å². The van der Waals surface area contributed by atoms with E-state index in [4.69, 9.17) is 10.8 Å². The minimum absolute atomic E-state index is 0.208. The zero-order valence-electron chi connectivity index (χ0n) is 8.93. The van der Waals surface area contributed by atoms with E-state index in [0.717, 1.165) is 27.4 Å². The predicted octanol–water partition coefficient (Wildman–Crippen LogP) is 2.06. The van der Waals surface area contributed by atoms with Crippen LogP contribution in [0.4, 0.5) is 5.95 Å². The molecule has 0 aliphatic heterocycles. The third-order valence-corrected chi connectivity index (χ3v) is 4.06. The number of nitrogens with zero attached hydrogens (tertiary/aromatic N) is 2. The third kappa shape index (κ3) is 2.45. The lowest BCUT2D eigenvalue weighted by Gasteiger charge is -2.02. The van der Waals surface area contributed by atoms with E-state index in [1.807, 2.05) is 6.92 Å². The Morgan fingerprint density at radius 1 is 1.50 bits per heavy atom. The Labute approximate surface area is 102 Å². The molecule has 2 aromatic rings. The number of aliphatic hydroxyl groups is 1. The van der Waals surface area contributed by atoms with Crippen molar-refractivity contribution in [3.63, 3.8) is 0 Å². The molecular formula is C10H13N3OS2. The van der Waals surface area contributed by atoms with Gasteiger partial charge in [0.15, 0.2) is 0 Å². The van der Waals surface area contributed by atoms with Gasteiger partial charge in [-0.1, -0.05) is 0 Å². The monoisotopic (exact) mass is 255 g/mol. The van der Waals surface area contributed by atoms with Crippen molar-refractivity contribution in [3.8, 4) is 0 Å². The minimum Gasteiger partial charge on any atom is -0.396 e. The lowest BCUT2D eigenvalue weighted by Crippen LogP contribution is -1.96. The van der Waals surface area contributed by atoms with Crippen LogP contribution in [0.15, 0.2) is 11.1 Å². The van der Waals surface area contributed by atoms with Gasteiger partial charge < -0.3 is 10.8 Å². The van der Waals surface area contributed by atoms with E-state index >= 15 is 0 Å². The first-order valence-corrected chi connectivity index (χ1v) is 6.78. The van der Waals surface area contributed by atoms with Gasteiger partial charge in [-0.25, -0.2) is 9.97 Å². The van der Waals surface area contributed by atoms with Crippen molar-refractivity contribution in [1.29, 1.82) is 0 Å². The number of nitrogen functional groups attached to an aromatic ring is 1. The average molecular weight is 255 g/mol. The number of hydrogen-bond acceptors (Lipinski definition) is 6. The van der Waals surface area contributed by atoms with Crippen molar-refractivity contribution in [2.24, 2.45) is 0 Å². The Hall–Kier alpha value is -0.850. The van der Waals surface area contributed by atoms with Crippen LogP contribution in [0.25, 0.3) is 10.2 Å². The molecule has 0 aliphatic carbocycles. The van der Waals surface area contributed by atoms with Crippen molar-refractivity contribution in [2.75, 3.05) is 18.1 Å². The molecule has 0 fully saturated rings. The second-order valence-corrected chi connectivity index (χ2v) is 5.71. The summed E-state index contributed by atoms with van der Waals surface area (Å²) in [5.74, 6) is 1.16. The fraction of sp³-hybridized carbons (Fsp3) is 0.400. The van der Waals surface area contributed by atoms with Crippen LogP contribution < -0.4 is 5.73 Å². The Morgan fingerprint density at radius 2 is 2.31 bits per heavy atom. The fourth-order valence-electron chi connectivity index (χ4n) is 1.37. The zero-order valence-corrected chi connectivity index (χ0v) is 10.6. The standard InChI is InChI=1S/C10H13N3OS2/c1-6-5-7-8(15-4-2-3-14)12-10(11)13-9(7)16-6/h5,14H,2-4H2,1H3,(H2,11,12,13). The molecule has 0 unspecified atom stereocenters. The van der Waals surface area contributed by atoms with Crippen LogP contribution >= 0.6 is 23.1 Å². The smallest absolute Gasteiger partial charge is 0.222 e. The molecule has 3 N–H and O–H groups in total. The molecule has 86 valence electrons. The number of thiophene rings is 1. The molecule has 0 radical (unpaired) electrons. The van der Waals surface area contributed by atoms with E-state index in [9.17, 15) is 0 Å². The van der Waals surface area contributed by atoms with Crippen LogP contribution in [-0.4, -0.2) is 27.4 Å². The summed E-state index contributed by atoms with van der Waals surface area (Å²) in [6, 6.07) is 2.08. The second-order valence-electron chi connectivity index (χ2n) is 3.39. The summed E-state index contributed by atoms with van der Waals surface area (Å²) in [7, 11) is 0. The summed E-state index contributed by atoms with van der Waals surface area (Å²) in [4.78, 5) is 10.6. The Morgan fingerprint density at radius 3 is 3.06 bits per heavy atom. The first-order valence-electron chi connectivity index (χ1n) is 4.98. The summed E-state index contributed by atoms with van der Waals surface area (Å²) in [5.41, 5.74) is 5.66. The Balaban J connectivity index is 2.34. The summed E-state index contributed by atoms with van der Waals surface area (Å²) in [6.45, 7) is 2.25. The van der Waals surface area contributed by atoms with Gasteiger partial charge in [-0.3, -0.25) is 0 Å². The number of aromatic nitrogens is 2. The number of aliphatic hydroxyl groups excluding tert-OH is 1. The Kier molecular flexibility index (Phi) is 3.63. The van der Waals surface area contributed by atoms with Crippen LogP contribution in [0.2, 0.25) is 0 Å². The lowest BCUT2D eigenvalue weighted by atomic mass is 10.4. The molecule has 0 saturated heterocycles. The molecule has 0 spiro atoms. The minimum atomic E-state index is 0.208. The van der Waals surface area contributed by atoms with Gasteiger partial charge >= 0.3 is 0 Å². The van der Waals surface area contributed by atoms with E-state index in [1.165, 1.54) is 4.88 Å². The van der Waals surface area contributed by atoms with Gasteiger partial charge in [0.2, 0.25) is 5.95 Å². The molecule has 6 heteroatoms. The maximum absolute atomic E-state index is 8.75. The second kappa shape index (κ2) is 4.99. The van der Waals surface area contributed by atoms with Crippen molar-refractivity contribution in [2.45, 2.75) is 18.4 Å². The number of nitrogens with two attached hydrogens (primary N) is 1. The van der Waals surface area contributed by atoms with Crippen LogP contribution in [0, 0.1) is 6.92 Å². The quantitative estimate of drug-likeness (QED) is 0.497. The van der Waals surface area contributed by atoms with E-state index in [2.05, 4.69) is 16.0 Å². The molecule has 0 aromatic carbocycles. The highest BCUT2D eigenvalue weighted by molar-refractivity contribution is 7.99. The first kappa shape index (κ1) is 11.6. The molecule has 0 saturated carbocycles. The number of rotatable bonds is 4. The predicted molar refractivity (Wildman–Crippen MR) is 69.0 cm³/mol. The van der Waals surface area contributed by atoms with Crippen molar-refractivity contribution >= 4 is 39.3 Å². The molecule has 2 rings (SSSR count). The summed E-state index contributed by atoms with van der Waals surface area (Å²) in [6.07, 6.45) is 0.763. The normalized spacial score (nSPS) is 11.1. The van der Waals surface area contributed by atoms with E-state index in [0.29, 0.717) is 5.95 Å². The van der Waals surface area contributed by atoms with Gasteiger partial charge in [0, 0.05) is 22.6 Å². The molecule has 0 atom stereocenters. The molecule has 2 heterocycles. The summed E-state index contributed by atoms with van der Waals surface area (Å²) < 4.78 is 0. The molecule has 0 amide bonds. The average Bonchev–Trinajstić information content (AvgIpc) is 2.58. The Bertz CT molecular complexity index is 498. The van der Waals surface area contributed by atoms with Gasteiger partial charge in [0.05, 0.1) is 0 Å². The van der Waals surface area contributed by atoms with Crippen molar-refractivity contribution in [1.82, 2.24) is 9.97 Å². The maximum Gasteiger partial charge on any atom is 0.222 e. The van der Waals surface area contributed by atoms with E-state index in [1.54, 1.807) is 23.1 Å². The van der Waals surface area contributed by atoms with E-state index < -0.39 is 0 Å². The van der Waals surface area contributed by atoms with E-state index in [-0.39, 0.29) is 6.61 Å². The van der Waals surface area contributed by atoms with Gasteiger partial charge in [-0.05, 0) is 19.4 Å². The summed E-state index contributed by atoms with van der Waals surface area (Å²) in [5, 5.41) is 10.7. The SMILES string of the molecule is Cc1cc2c(SCCCO)nc(N)nc2s1. The number of hydrogen-bond donors (Lipinski definition) is 2. The molecule has 16 heavy (non-hydrogen) atoms. The lowest BCUT2D eigenvalue weighted by molar-refractivity contribution is 0.296.